The molecule has 1 aromatic heterocycles. The number of nitrogens with one attached hydrogen (secondary N) is 1. The Balaban J connectivity index is 2.81. The van der Waals surface area contributed by atoms with E-state index in [1.165, 1.54) is 7.11 Å². The minimum atomic E-state index is -0.590. The molecule has 0 aliphatic rings. The van der Waals surface area contributed by atoms with E-state index in [1.54, 1.807) is 18.3 Å². The average Bonchev–Trinajstić information content (AvgIpc) is 2.27. The summed E-state index contributed by atoms with van der Waals surface area (Å²) in [6, 6.07) is 2.85. The average molecular weight is 237 g/mol. The minimum Gasteiger partial charge on any atom is -0.480 e. The van der Waals surface area contributed by atoms with E-state index < -0.39 is 6.04 Å². The maximum Gasteiger partial charge on any atom is 0.241 e. The number of hydrogen-bond acceptors (Lipinski definition) is 4. The molecular formula is C12H19N3O2. The summed E-state index contributed by atoms with van der Waals surface area (Å²) in [7, 11) is 1.50. The van der Waals surface area contributed by atoms with Crippen LogP contribution in [0.3, 0.4) is 0 Å². The van der Waals surface area contributed by atoms with Crippen molar-refractivity contribution in [3.8, 4) is 5.88 Å². The number of hydrogen-bond donors (Lipinski definition) is 2. The molecule has 1 amide bonds. The molecule has 0 bridgehead atoms. The Labute approximate surface area is 101 Å². The summed E-state index contributed by atoms with van der Waals surface area (Å²) in [4.78, 5) is 15.9. The van der Waals surface area contributed by atoms with E-state index >= 15 is 0 Å². The molecule has 17 heavy (non-hydrogen) atoms. The minimum absolute atomic E-state index is 0.246. The van der Waals surface area contributed by atoms with Crippen LogP contribution in [-0.2, 0) is 4.79 Å². The molecule has 1 rings (SSSR count). The van der Waals surface area contributed by atoms with Gasteiger partial charge in [-0.3, -0.25) is 4.79 Å². The summed E-state index contributed by atoms with van der Waals surface area (Å²) in [6.45, 7) is 5.74. The molecule has 1 atom stereocenters. The van der Waals surface area contributed by atoms with Gasteiger partial charge >= 0.3 is 0 Å². The molecule has 0 fully saturated rings. The third kappa shape index (κ3) is 3.42. The van der Waals surface area contributed by atoms with Crippen molar-refractivity contribution in [2.45, 2.75) is 26.8 Å². The highest BCUT2D eigenvalue weighted by Gasteiger charge is 2.27. The molecule has 5 nitrogen and oxygen atoms in total. The van der Waals surface area contributed by atoms with Crippen molar-refractivity contribution in [2.24, 2.45) is 11.1 Å². The predicted octanol–water partition coefficient (Wildman–Crippen LogP) is 1.40. The predicted molar refractivity (Wildman–Crippen MR) is 66.8 cm³/mol. The number of carbonyl (C=O) groups is 1. The molecule has 1 heterocycles. The van der Waals surface area contributed by atoms with Crippen molar-refractivity contribution >= 4 is 11.6 Å². The van der Waals surface area contributed by atoms with Crippen LogP contribution in [0.1, 0.15) is 20.8 Å². The highest BCUT2D eigenvalue weighted by molar-refractivity contribution is 5.96. The van der Waals surface area contributed by atoms with Gasteiger partial charge in [0.15, 0.2) is 0 Å². The molecule has 0 radical (unpaired) electrons. The Bertz CT molecular complexity index is 399. The third-order valence-corrected chi connectivity index (χ3v) is 2.44. The van der Waals surface area contributed by atoms with Crippen molar-refractivity contribution in [3.63, 3.8) is 0 Å². The monoisotopic (exact) mass is 237 g/mol. The second kappa shape index (κ2) is 5.14. The van der Waals surface area contributed by atoms with E-state index in [0.717, 1.165) is 0 Å². The van der Waals surface area contributed by atoms with E-state index in [4.69, 9.17) is 10.5 Å². The zero-order chi connectivity index (χ0) is 13.1. The number of ether oxygens (including phenoxy) is 1. The third-order valence-electron chi connectivity index (χ3n) is 2.44. The van der Waals surface area contributed by atoms with Gasteiger partial charge in [0.1, 0.15) is 5.69 Å². The molecule has 1 aromatic rings. The Hall–Kier alpha value is -1.62. The standard InChI is InChI=1S/C12H19N3O2/c1-12(2,3)9(13)10(16)15-8-6-5-7-14-11(8)17-4/h5-7,9H,13H2,1-4H3,(H,15,16)/t9-/m1/s1. The fourth-order valence-electron chi connectivity index (χ4n) is 1.25. The molecule has 0 aromatic carbocycles. The van der Waals surface area contributed by atoms with Gasteiger partial charge < -0.3 is 15.8 Å². The van der Waals surface area contributed by atoms with Crippen LogP contribution in [0.15, 0.2) is 18.3 Å². The summed E-state index contributed by atoms with van der Waals surface area (Å²) in [6.07, 6.45) is 1.60. The van der Waals surface area contributed by atoms with E-state index in [2.05, 4.69) is 10.3 Å². The second-order valence-electron chi connectivity index (χ2n) is 4.89. The Kier molecular flexibility index (Phi) is 4.07. The highest BCUT2D eigenvalue weighted by Crippen LogP contribution is 2.22. The zero-order valence-electron chi connectivity index (χ0n) is 10.7. The Morgan fingerprint density at radius 3 is 2.71 bits per heavy atom. The molecule has 0 spiro atoms. The molecule has 5 heteroatoms. The number of pyridine rings is 1. The smallest absolute Gasteiger partial charge is 0.241 e. The first-order chi connectivity index (χ1) is 7.86. The van der Waals surface area contributed by atoms with Gasteiger partial charge in [-0.15, -0.1) is 0 Å². The summed E-state index contributed by atoms with van der Waals surface area (Å²) < 4.78 is 5.04. The molecule has 0 aliphatic carbocycles. The van der Waals surface area contributed by atoms with Gasteiger partial charge in [0, 0.05) is 6.20 Å². The van der Waals surface area contributed by atoms with Gasteiger partial charge in [-0.1, -0.05) is 20.8 Å². The summed E-state index contributed by atoms with van der Waals surface area (Å²) in [5.41, 5.74) is 6.10. The first-order valence-electron chi connectivity index (χ1n) is 5.41. The van der Waals surface area contributed by atoms with E-state index in [-0.39, 0.29) is 11.3 Å². The molecule has 3 N–H and O–H groups in total. The zero-order valence-corrected chi connectivity index (χ0v) is 10.7. The second-order valence-corrected chi connectivity index (χ2v) is 4.89. The first kappa shape index (κ1) is 13.4. The van der Waals surface area contributed by atoms with Gasteiger partial charge in [-0.25, -0.2) is 4.98 Å². The number of methoxy groups -OCH3 is 1. The van der Waals surface area contributed by atoms with Gasteiger partial charge in [0.05, 0.1) is 13.2 Å². The number of aromatic nitrogens is 1. The van der Waals surface area contributed by atoms with Gasteiger partial charge in [-0.05, 0) is 17.5 Å². The van der Waals surface area contributed by atoms with Crippen molar-refractivity contribution in [2.75, 3.05) is 12.4 Å². The van der Waals surface area contributed by atoms with E-state index in [0.29, 0.717) is 11.6 Å². The SMILES string of the molecule is COc1ncccc1NC(=O)[C@@H](N)C(C)(C)C. The molecule has 94 valence electrons. The molecule has 0 saturated heterocycles. The lowest BCUT2D eigenvalue weighted by molar-refractivity contribution is -0.119. The lowest BCUT2D eigenvalue weighted by Gasteiger charge is -2.25. The van der Waals surface area contributed by atoms with Crippen LogP contribution < -0.4 is 15.8 Å². The van der Waals surface area contributed by atoms with Gasteiger partial charge in [0.25, 0.3) is 0 Å². The Morgan fingerprint density at radius 1 is 1.53 bits per heavy atom. The number of carbonyl (C=O) groups excluding carboxylic acids is 1. The van der Waals surface area contributed by atoms with E-state index in [1.807, 2.05) is 20.8 Å². The fraction of sp³-hybridized carbons (Fsp3) is 0.500. The van der Waals surface area contributed by atoms with Crippen LogP contribution in [0.2, 0.25) is 0 Å². The van der Waals surface area contributed by atoms with Crippen LogP contribution >= 0.6 is 0 Å². The maximum atomic E-state index is 11.9. The molecular weight excluding hydrogens is 218 g/mol. The highest BCUT2D eigenvalue weighted by atomic mass is 16.5. The summed E-state index contributed by atoms with van der Waals surface area (Å²) in [5, 5.41) is 2.72. The van der Waals surface area contributed by atoms with Crippen molar-refractivity contribution in [1.29, 1.82) is 0 Å². The van der Waals surface area contributed by atoms with Crippen molar-refractivity contribution < 1.29 is 9.53 Å². The lowest BCUT2D eigenvalue weighted by atomic mass is 9.87. The van der Waals surface area contributed by atoms with Crippen molar-refractivity contribution in [1.82, 2.24) is 4.98 Å². The number of amides is 1. The van der Waals surface area contributed by atoms with Crippen LogP contribution in [0.5, 0.6) is 5.88 Å². The quantitative estimate of drug-likeness (QED) is 0.833. The van der Waals surface area contributed by atoms with Crippen molar-refractivity contribution in [3.05, 3.63) is 18.3 Å². The number of nitrogens with two attached hydrogens (primary N) is 1. The molecule has 0 unspecified atom stereocenters. The number of nitrogens with zero attached hydrogens (tertiary/aromatic N) is 1. The lowest BCUT2D eigenvalue weighted by Crippen LogP contribution is -2.45. The fourth-order valence-corrected chi connectivity index (χ4v) is 1.25. The maximum absolute atomic E-state index is 11.9. The van der Waals surface area contributed by atoms with E-state index in [9.17, 15) is 4.79 Å². The normalized spacial score (nSPS) is 13.0. The van der Waals surface area contributed by atoms with Crippen LogP contribution in [0.25, 0.3) is 0 Å². The topological polar surface area (TPSA) is 77.2 Å². The van der Waals surface area contributed by atoms with Gasteiger partial charge in [-0.2, -0.15) is 0 Å². The number of anilines is 1. The Morgan fingerprint density at radius 2 is 2.18 bits per heavy atom. The van der Waals surface area contributed by atoms with Gasteiger partial charge in [0.2, 0.25) is 11.8 Å². The molecule has 0 aliphatic heterocycles. The van der Waals surface area contributed by atoms with Crippen LogP contribution in [-0.4, -0.2) is 24.0 Å². The summed E-state index contributed by atoms with van der Waals surface area (Å²) >= 11 is 0. The first-order valence-corrected chi connectivity index (χ1v) is 5.41. The number of rotatable bonds is 3. The largest absolute Gasteiger partial charge is 0.480 e. The van der Waals surface area contributed by atoms with Crippen LogP contribution in [0.4, 0.5) is 5.69 Å². The van der Waals surface area contributed by atoms with Crippen LogP contribution in [0, 0.1) is 5.41 Å². The molecule has 0 saturated carbocycles. The summed E-state index contributed by atoms with van der Waals surface area (Å²) in [5.74, 6) is 0.130.